The summed E-state index contributed by atoms with van der Waals surface area (Å²) in [5.74, 6) is 1.23. The van der Waals surface area contributed by atoms with Crippen molar-refractivity contribution in [1.29, 1.82) is 0 Å². The molecule has 0 atom stereocenters. The number of ether oxygens (including phenoxy) is 2. The number of anilines is 1. The summed E-state index contributed by atoms with van der Waals surface area (Å²) >= 11 is 0. The first-order chi connectivity index (χ1) is 13.1. The molecule has 2 amide bonds. The van der Waals surface area contributed by atoms with Gasteiger partial charge in [0.2, 0.25) is 18.6 Å². The Bertz CT molecular complexity index is 855. The number of likely N-dealkylation sites (tertiary alicyclic amines) is 1. The SMILES string of the molecule is Cc1cnn(CC(=O)N2CCC(C(=O)Nc3ccc4c(c3)OCO4)CC2)c1. The summed E-state index contributed by atoms with van der Waals surface area (Å²) in [6, 6.07) is 5.36. The van der Waals surface area contributed by atoms with E-state index in [4.69, 9.17) is 9.47 Å². The van der Waals surface area contributed by atoms with E-state index >= 15 is 0 Å². The molecule has 142 valence electrons. The number of carbonyl (C=O) groups excluding carboxylic acids is 2. The van der Waals surface area contributed by atoms with Crippen LogP contribution in [0, 0.1) is 12.8 Å². The Morgan fingerprint density at radius 2 is 2.00 bits per heavy atom. The molecule has 2 aromatic rings. The molecule has 8 nitrogen and oxygen atoms in total. The quantitative estimate of drug-likeness (QED) is 0.887. The number of benzene rings is 1. The molecule has 1 saturated heterocycles. The van der Waals surface area contributed by atoms with Crippen molar-refractivity contribution in [2.45, 2.75) is 26.3 Å². The van der Waals surface area contributed by atoms with Crippen LogP contribution in [0.1, 0.15) is 18.4 Å². The summed E-state index contributed by atoms with van der Waals surface area (Å²) < 4.78 is 12.3. The minimum atomic E-state index is -0.105. The van der Waals surface area contributed by atoms with Crippen LogP contribution in [0.2, 0.25) is 0 Å². The fourth-order valence-corrected chi connectivity index (χ4v) is 3.40. The van der Waals surface area contributed by atoms with Gasteiger partial charge in [-0.25, -0.2) is 0 Å². The standard InChI is InChI=1S/C19H22N4O4/c1-13-9-20-23(10-13)11-18(24)22-6-4-14(5-7-22)19(25)21-15-2-3-16-17(8-15)27-12-26-16/h2-3,8-10,14H,4-7,11-12H2,1H3,(H,21,25). The van der Waals surface area contributed by atoms with E-state index in [0.29, 0.717) is 43.1 Å². The van der Waals surface area contributed by atoms with Crippen molar-refractivity contribution < 1.29 is 19.1 Å². The van der Waals surface area contributed by atoms with Gasteiger partial charge in [-0.15, -0.1) is 0 Å². The largest absolute Gasteiger partial charge is 0.454 e. The average molecular weight is 370 g/mol. The van der Waals surface area contributed by atoms with E-state index in [0.717, 1.165) is 5.56 Å². The second-order valence-corrected chi connectivity index (χ2v) is 6.93. The number of fused-ring (bicyclic) bond motifs is 1. The first-order valence-corrected chi connectivity index (χ1v) is 9.06. The highest BCUT2D eigenvalue weighted by atomic mass is 16.7. The molecule has 3 heterocycles. The van der Waals surface area contributed by atoms with E-state index in [2.05, 4.69) is 10.4 Å². The number of hydrogen-bond acceptors (Lipinski definition) is 5. The Kier molecular flexibility index (Phi) is 4.70. The number of aryl methyl sites for hydroxylation is 1. The molecule has 2 aliphatic rings. The topological polar surface area (TPSA) is 85.7 Å². The van der Waals surface area contributed by atoms with Crippen LogP contribution in [-0.4, -0.2) is 46.4 Å². The molecule has 0 bridgehead atoms. The van der Waals surface area contributed by atoms with Crippen LogP contribution in [0.5, 0.6) is 11.5 Å². The van der Waals surface area contributed by atoms with Gasteiger partial charge < -0.3 is 19.7 Å². The van der Waals surface area contributed by atoms with Crippen molar-refractivity contribution >= 4 is 17.5 Å². The highest BCUT2D eigenvalue weighted by Crippen LogP contribution is 2.34. The summed E-state index contributed by atoms with van der Waals surface area (Å²) in [5.41, 5.74) is 1.72. The van der Waals surface area contributed by atoms with Crippen LogP contribution in [0.4, 0.5) is 5.69 Å². The molecule has 0 spiro atoms. The molecule has 1 aromatic carbocycles. The van der Waals surface area contributed by atoms with E-state index < -0.39 is 0 Å². The van der Waals surface area contributed by atoms with Gasteiger partial charge >= 0.3 is 0 Å². The first-order valence-electron chi connectivity index (χ1n) is 9.06. The zero-order valence-electron chi connectivity index (χ0n) is 15.2. The molecule has 8 heteroatoms. The van der Waals surface area contributed by atoms with E-state index in [1.807, 2.05) is 13.1 Å². The van der Waals surface area contributed by atoms with Gasteiger partial charge in [0.1, 0.15) is 6.54 Å². The lowest BCUT2D eigenvalue weighted by Crippen LogP contribution is -2.42. The fraction of sp³-hybridized carbons (Fsp3) is 0.421. The maximum atomic E-state index is 12.5. The number of aromatic nitrogens is 2. The zero-order valence-corrected chi connectivity index (χ0v) is 15.2. The van der Waals surface area contributed by atoms with Gasteiger partial charge in [-0.1, -0.05) is 0 Å². The Balaban J connectivity index is 1.28. The number of nitrogens with zero attached hydrogens (tertiary/aromatic N) is 3. The molecule has 0 radical (unpaired) electrons. The predicted octanol–water partition coefficient (Wildman–Crippen LogP) is 1.80. The van der Waals surface area contributed by atoms with Crippen molar-refractivity contribution in [3.63, 3.8) is 0 Å². The van der Waals surface area contributed by atoms with Gasteiger partial charge in [0.15, 0.2) is 11.5 Å². The maximum absolute atomic E-state index is 12.5. The average Bonchev–Trinajstić information content (AvgIpc) is 3.30. The Labute approximate surface area is 157 Å². The first kappa shape index (κ1) is 17.4. The van der Waals surface area contributed by atoms with Crippen molar-refractivity contribution in [3.05, 3.63) is 36.2 Å². The summed E-state index contributed by atoms with van der Waals surface area (Å²) in [5, 5.41) is 7.09. The minimum absolute atomic E-state index is 0.0244. The molecule has 27 heavy (non-hydrogen) atoms. The lowest BCUT2D eigenvalue weighted by Gasteiger charge is -2.31. The van der Waals surface area contributed by atoms with Crippen LogP contribution in [-0.2, 0) is 16.1 Å². The summed E-state index contributed by atoms with van der Waals surface area (Å²) in [6.45, 7) is 3.55. The Morgan fingerprint density at radius 3 is 2.74 bits per heavy atom. The molecular weight excluding hydrogens is 348 g/mol. The van der Waals surface area contributed by atoms with Gasteiger partial charge in [0, 0.05) is 37.0 Å². The number of amides is 2. The number of hydrogen-bond donors (Lipinski definition) is 1. The number of piperidine rings is 1. The second-order valence-electron chi connectivity index (χ2n) is 6.93. The van der Waals surface area contributed by atoms with Crippen molar-refractivity contribution in [3.8, 4) is 11.5 Å². The van der Waals surface area contributed by atoms with Crippen LogP contribution in [0.15, 0.2) is 30.6 Å². The summed E-state index contributed by atoms with van der Waals surface area (Å²) in [4.78, 5) is 26.7. The highest BCUT2D eigenvalue weighted by Gasteiger charge is 2.27. The fourth-order valence-electron chi connectivity index (χ4n) is 3.40. The van der Waals surface area contributed by atoms with Crippen LogP contribution < -0.4 is 14.8 Å². The van der Waals surface area contributed by atoms with Crippen molar-refractivity contribution in [2.75, 3.05) is 25.2 Å². The predicted molar refractivity (Wildman–Crippen MR) is 97.5 cm³/mol. The van der Waals surface area contributed by atoms with Crippen LogP contribution in [0.3, 0.4) is 0 Å². The second kappa shape index (κ2) is 7.30. The lowest BCUT2D eigenvalue weighted by molar-refractivity contribution is -0.135. The minimum Gasteiger partial charge on any atom is -0.454 e. The third-order valence-corrected chi connectivity index (χ3v) is 4.92. The highest BCUT2D eigenvalue weighted by molar-refractivity contribution is 5.93. The van der Waals surface area contributed by atoms with Crippen LogP contribution >= 0.6 is 0 Å². The van der Waals surface area contributed by atoms with E-state index in [1.54, 1.807) is 34.0 Å². The lowest BCUT2D eigenvalue weighted by atomic mass is 9.95. The molecular formula is C19H22N4O4. The van der Waals surface area contributed by atoms with E-state index in [9.17, 15) is 9.59 Å². The van der Waals surface area contributed by atoms with Gasteiger partial charge in [0.25, 0.3) is 0 Å². The third kappa shape index (κ3) is 3.89. The maximum Gasteiger partial charge on any atom is 0.244 e. The van der Waals surface area contributed by atoms with Gasteiger partial charge in [-0.3, -0.25) is 14.3 Å². The molecule has 1 fully saturated rings. The van der Waals surface area contributed by atoms with Gasteiger partial charge in [-0.2, -0.15) is 5.10 Å². The molecule has 4 rings (SSSR count). The molecule has 1 aromatic heterocycles. The van der Waals surface area contributed by atoms with Gasteiger partial charge in [0.05, 0.1) is 6.20 Å². The van der Waals surface area contributed by atoms with Crippen molar-refractivity contribution in [2.24, 2.45) is 5.92 Å². The number of rotatable bonds is 4. The molecule has 2 aliphatic heterocycles. The smallest absolute Gasteiger partial charge is 0.244 e. The third-order valence-electron chi connectivity index (χ3n) is 4.92. The Morgan fingerprint density at radius 1 is 1.22 bits per heavy atom. The molecule has 0 aliphatic carbocycles. The van der Waals surface area contributed by atoms with Crippen LogP contribution in [0.25, 0.3) is 0 Å². The summed E-state index contributed by atoms with van der Waals surface area (Å²) in [7, 11) is 0. The summed E-state index contributed by atoms with van der Waals surface area (Å²) in [6.07, 6.45) is 4.89. The molecule has 0 saturated carbocycles. The molecule has 1 N–H and O–H groups in total. The van der Waals surface area contributed by atoms with E-state index in [-0.39, 0.29) is 31.1 Å². The molecule has 0 unspecified atom stereocenters. The van der Waals surface area contributed by atoms with Gasteiger partial charge in [-0.05, 0) is 37.5 Å². The number of carbonyl (C=O) groups is 2. The Hall–Kier alpha value is -3.03. The number of nitrogens with one attached hydrogen (secondary N) is 1. The van der Waals surface area contributed by atoms with E-state index in [1.165, 1.54) is 0 Å². The normalized spacial score (nSPS) is 16.4. The monoisotopic (exact) mass is 370 g/mol. The zero-order chi connectivity index (χ0) is 18.8. The van der Waals surface area contributed by atoms with Crippen molar-refractivity contribution in [1.82, 2.24) is 14.7 Å².